The number of hydrogen-bond donors (Lipinski definition) is 1. The Bertz CT molecular complexity index is 823. The van der Waals surface area contributed by atoms with Gasteiger partial charge in [-0.15, -0.1) is 5.10 Å². The SMILES string of the molecule is Nc1ncnc2c1c(Oc1cccc(Cl)c1)nn2CC(F)F. The average molecular weight is 326 g/mol. The predicted octanol–water partition coefficient (Wildman–Crippen LogP) is 3.12. The minimum atomic E-state index is -2.58. The van der Waals surface area contributed by atoms with Crippen molar-refractivity contribution in [3.63, 3.8) is 0 Å². The van der Waals surface area contributed by atoms with E-state index >= 15 is 0 Å². The Hall–Kier alpha value is -2.48. The summed E-state index contributed by atoms with van der Waals surface area (Å²) in [6, 6.07) is 6.60. The molecule has 0 aliphatic heterocycles. The van der Waals surface area contributed by atoms with E-state index in [1.165, 1.54) is 6.33 Å². The van der Waals surface area contributed by atoms with E-state index in [1.807, 2.05) is 0 Å². The van der Waals surface area contributed by atoms with Crippen LogP contribution in [0, 0.1) is 0 Å². The lowest BCUT2D eigenvalue weighted by Gasteiger charge is -2.03. The summed E-state index contributed by atoms with van der Waals surface area (Å²) in [5, 5.41) is 4.76. The zero-order valence-corrected chi connectivity index (χ0v) is 11.8. The lowest BCUT2D eigenvalue weighted by molar-refractivity contribution is 0.123. The molecule has 114 valence electrons. The van der Waals surface area contributed by atoms with Crippen molar-refractivity contribution >= 4 is 28.5 Å². The molecule has 3 aromatic rings. The van der Waals surface area contributed by atoms with E-state index in [0.717, 1.165) is 4.68 Å². The number of nitrogens with zero attached hydrogens (tertiary/aromatic N) is 4. The second-order valence-corrected chi connectivity index (χ2v) is 4.83. The Balaban J connectivity index is 2.08. The smallest absolute Gasteiger partial charge is 0.258 e. The number of halogens is 3. The third-order valence-corrected chi connectivity index (χ3v) is 3.08. The van der Waals surface area contributed by atoms with Gasteiger partial charge in [-0.25, -0.2) is 23.4 Å². The van der Waals surface area contributed by atoms with Crippen molar-refractivity contribution < 1.29 is 13.5 Å². The fourth-order valence-electron chi connectivity index (χ4n) is 1.97. The van der Waals surface area contributed by atoms with E-state index in [2.05, 4.69) is 15.1 Å². The maximum atomic E-state index is 12.6. The van der Waals surface area contributed by atoms with Gasteiger partial charge in [-0.2, -0.15) is 0 Å². The third-order valence-electron chi connectivity index (χ3n) is 2.85. The zero-order valence-electron chi connectivity index (χ0n) is 11.1. The Morgan fingerprint density at radius 3 is 2.86 bits per heavy atom. The lowest BCUT2D eigenvalue weighted by Crippen LogP contribution is -2.08. The summed E-state index contributed by atoms with van der Waals surface area (Å²) in [5.41, 5.74) is 5.97. The lowest BCUT2D eigenvalue weighted by atomic mass is 10.3. The van der Waals surface area contributed by atoms with E-state index in [0.29, 0.717) is 10.8 Å². The quantitative estimate of drug-likeness (QED) is 0.797. The van der Waals surface area contributed by atoms with Crippen LogP contribution in [0.2, 0.25) is 5.02 Å². The van der Waals surface area contributed by atoms with E-state index in [-0.39, 0.29) is 22.7 Å². The second kappa shape index (κ2) is 5.72. The summed E-state index contributed by atoms with van der Waals surface area (Å²) in [6.07, 6.45) is -1.40. The Labute approximate surface area is 128 Å². The molecule has 1 aromatic carbocycles. The number of fused-ring (bicyclic) bond motifs is 1. The molecule has 0 fully saturated rings. The van der Waals surface area contributed by atoms with Crippen LogP contribution in [0.4, 0.5) is 14.6 Å². The molecule has 0 atom stereocenters. The first-order valence-corrected chi connectivity index (χ1v) is 6.61. The molecular weight excluding hydrogens is 316 g/mol. The number of hydrogen-bond acceptors (Lipinski definition) is 5. The molecule has 0 aliphatic carbocycles. The van der Waals surface area contributed by atoms with Gasteiger partial charge in [-0.1, -0.05) is 17.7 Å². The van der Waals surface area contributed by atoms with E-state index in [4.69, 9.17) is 22.1 Å². The van der Waals surface area contributed by atoms with Crippen LogP contribution in [0.3, 0.4) is 0 Å². The molecule has 0 radical (unpaired) electrons. The zero-order chi connectivity index (χ0) is 15.7. The van der Waals surface area contributed by atoms with E-state index < -0.39 is 13.0 Å². The minimum absolute atomic E-state index is 0.0519. The fraction of sp³-hybridized carbons (Fsp3) is 0.154. The van der Waals surface area contributed by atoms with Crippen molar-refractivity contribution in [2.45, 2.75) is 13.0 Å². The molecule has 3 rings (SSSR count). The van der Waals surface area contributed by atoms with Crippen LogP contribution in [0.5, 0.6) is 11.6 Å². The summed E-state index contributed by atoms with van der Waals surface area (Å²) < 4.78 is 31.9. The predicted molar refractivity (Wildman–Crippen MR) is 77.3 cm³/mol. The highest BCUT2D eigenvalue weighted by atomic mass is 35.5. The molecule has 22 heavy (non-hydrogen) atoms. The van der Waals surface area contributed by atoms with Crippen molar-refractivity contribution in [2.24, 2.45) is 0 Å². The van der Waals surface area contributed by atoms with Gasteiger partial charge in [0.05, 0.1) is 0 Å². The van der Waals surface area contributed by atoms with Gasteiger partial charge in [0.2, 0.25) is 0 Å². The van der Waals surface area contributed by atoms with Crippen molar-refractivity contribution in [1.29, 1.82) is 0 Å². The highest BCUT2D eigenvalue weighted by Gasteiger charge is 2.19. The van der Waals surface area contributed by atoms with Gasteiger partial charge in [0, 0.05) is 5.02 Å². The van der Waals surface area contributed by atoms with Crippen molar-refractivity contribution in [2.75, 3.05) is 5.73 Å². The van der Waals surface area contributed by atoms with Crippen LogP contribution in [-0.2, 0) is 6.54 Å². The molecule has 0 amide bonds. The Morgan fingerprint density at radius 1 is 1.32 bits per heavy atom. The average Bonchev–Trinajstić information content (AvgIpc) is 2.77. The van der Waals surface area contributed by atoms with E-state index in [1.54, 1.807) is 24.3 Å². The number of ether oxygens (including phenoxy) is 1. The van der Waals surface area contributed by atoms with Gasteiger partial charge in [-0.05, 0) is 18.2 Å². The maximum Gasteiger partial charge on any atom is 0.258 e. The molecule has 0 aliphatic rings. The molecule has 0 spiro atoms. The number of anilines is 1. The van der Waals surface area contributed by atoms with Gasteiger partial charge >= 0.3 is 0 Å². The molecule has 2 aromatic heterocycles. The molecule has 0 saturated carbocycles. The first-order chi connectivity index (χ1) is 10.5. The van der Waals surface area contributed by atoms with Crippen LogP contribution < -0.4 is 10.5 Å². The van der Waals surface area contributed by atoms with Crippen molar-refractivity contribution in [3.05, 3.63) is 35.6 Å². The highest BCUT2D eigenvalue weighted by molar-refractivity contribution is 6.30. The van der Waals surface area contributed by atoms with Gasteiger partial charge < -0.3 is 10.5 Å². The number of aromatic nitrogens is 4. The molecule has 0 bridgehead atoms. The van der Waals surface area contributed by atoms with Gasteiger partial charge in [0.1, 0.15) is 29.8 Å². The van der Waals surface area contributed by atoms with Crippen molar-refractivity contribution in [1.82, 2.24) is 19.7 Å². The number of alkyl halides is 2. The largest absolute Gasteiger partial charge is 0.437 e. The van der Waals surface area contributed by atoms with E-state index in [9.17, 15) is 8.78 Å². The maximum absolute atomic E-state index is 12.6. The monoisotopic (exact) mass is 325 g/mol. The molecule has 2 N–H and O–H groups in total. The van der Waals surface area contributed by atoms with Crippen LogP contribution in [0.25, 0.3) is 11.0 Å². The summed E-state index contributed by atoms with van der Waals surface area (Å²) in [4.78, 5) is 7.78. The van der Waals surface area contributed by atoms with Crippen molar-refractivity contribution in [3.8, 4) is 11.6 Å². The van der Waals surface area contributed by atoms with Crippen LogP contribution >= 0.6 is 11.6 Å². The summed E-state index contributed by atoms with van der Waals surface area (Å²) in [5.74, 6) is 0.554. The van der Waals surface area contributed by atoms with Gasteiger partial charge in [-0.3, -0.25) is 0 Å². The highest BCUT2D eigenvalue weighted by Crippen LogP contribution is 2.32. The molecule has 2 heterocycles. The standard InChI is InChI=1S/C13H10ClF2N5O/c14-7-2-1-3-8(4-7)22-13-10-11(17)18-6-19-12(10)21(20-13)5-9(15)16/h1-4,6,9H,5H2,(H2,17,18,19). The minimum Gasteiger partial charge on any atom is -0.437 e. The number of rotatable bonds is 4. The van der Waals surface area contributed by atoms with Crippen LogP contribution in [-0.4, -0.2) is 26.2 Å². The third kappa shape index (κ3) is 2.77. The first-order valence-electron chi connectivity index (χ1n) is 6.23. The molecule has 6 nitrogen and oxygen atoms in total. The molecule has 9 heteroatoms. The van der Waals surface area contributed by atoms with Gasteiger partial charge in [0.15, 0.2) is 5.65 Å². The fourth-order valence-corrected chi connectivity index (χ4v) is 2.15. The molecular formula is C13H10ClF2N5O. The summed E-state index contributed by atoms with van der Waals surface area (Å²) >= 11 is 5.88. The molecule has 0 saturated heterocycles. The second-order valence-electron chi connectivity index (χ2n) is 4.40. The summed E-state index contributed by atoms with van der Waals surface area (Å²) in [6.45, 7) is -0.619. The topological polar surface area (TPSA) is 78.8 Å². The number of benzene rings is 1. The van der Waals surface area contributed by atoms with Gasteiger partial charge in [0.25, 0.3) is 12.3 Å². The van der Waals surface area contributed by atoms with Crippen LogP contribution in [0.15, 0.2) is 30.6 Å². The number of nitrogens with two attached hydrogens (primary N) is 1. The Kier molecular flexibility index (Phi) is 3.76. The summed E-state index contributed by atoms with van der Waals surface area (Å²) in [7, 11) is 0. The Morgan fingerprint density at radius 2 is 2.14 bits per heavy atom. The normalized spacial score (nSPS) is 11.3. The number of nitrogen functional groups attached to an aromatic ring is 1. The van der Waals surface area contributed by atoms with Crippen LogP contribution in [0.1, 0.15) is 0 Å². The first kappa shape index (κ1) is 14.5. The molecule has 0 unspecified atom stereocenters.